The SMILES string of the molecule is COc1ccc2cc1OCC(=O)N[C@@H]1CN(CCn3c(=O)cc(C)[nH]c3=O)CC[C@H]1Oc1cc(F)cc(c1)CNC(=O)CC2. The molecular formula is C31H36FN5O7. The third-order valence-corrected chi connectivity index (χ3v) is 7.71. The first-order chi connectivity index (χ1) is 21.2. The number of nitrogens with zero attached hydrogens (tertiary/aromatic N) is 2. The van der Waals surface area contributed by atoms with E-state index < -0.39 is 29.6 Å². The van der Waals surface area contributed by atoms with E-state index in [0.29, 0.717) is 55.2 Å². The minimum absolute atomic E-state index is 0.125. The molecule has 0 radical (unpaired) electrons. The lowest BCUT2D eigenvalue weighted by atomic mass is 10.0. The molecule has 12 nitrogen and oxygen atoms in total. The number of hydrogen-bond acceptors (Lipinski definition) is 8. The van der Waals surface area contributed by atoms with Crippen molar-refractivity contribution in [3.05, 3.63) is 85.9 Å². The van der Waals surface area contributed by atoms with Crippen molar-refractivity contribution < 1.29 is 28.2 Å². The van der Waals surface area contributed by atoms with Gasteiger partial charge in [-0.3, -0.25) is 23.9 Å². The van der Waals surface area contributed by atoms with E-state index in [1.165, 1.54) is 25.3 Å². The first-order valence-electron chi connectivity index (χ1n) is 14.5. The minimum Gasteiger partial charge on any atom is -0.493 e. The van der Waals surface area contributed by atoms with Crippen molar-refractivity contribution in [3.8, 4) is 17.2 Å². The van der Waals surface area contributed by atoms with Crippen LogP contribution in [0.3, 0.4) is 0 Å². The fraction of sp³-hybridized carbons (Fsp3) is 0.419. The summed E-state index contributed by atoms with van der Waals surface area (Å²) in [6, 6.07) is 10.4. The summed E-state index contributed by atoms with van der Waals surface area (Å²) in [7, 11) is 1.50. The Hall–Kier alpha value is -4.65. The predicted octanol–water partition coefficient (Wildman–Crippen LogP) is 1.27. The Labute approximate surface area is 253 Å². The molecule has 2 amide bonds. The molecule has 0 unspecified atom stereocenters. The number of amides is 2. The lowest BCUT2D eigenvalue weighted by molar-refractivity contribution is -0.125. The highest BCUT2D eigenvalue weighted by Gasteiger charge is 2.32. The van der Waals surface area contributed by atoms with Crippen LogP contribution in [0.15, 0.2) is 52.1 Å². The first-order valence-corrected chi connectivity index (χ1v) is 14.5. The molecule has 2 aromatic carbocycles. The quantitative estimate of drug-likeness (QED) is 0.402. The molecule has 0 spiro atoms. The zero-order chi connectivity index (χ0) is 31.2. The smallest absolute Gasteiger partial charge is 0.328 e. The van der Waals surface area contributed by atoms with E-state index in [2.05, 4.69) is 15.6 Å². The second-order valence-corrected chi connectivity index (χ2v) is 11.0. The van der Waals surface area contributed by atoms with Crippen LogP contribution in [0.25, 0.3) is 0 Å². The fourth-order valence-corrected chi connectivity index (χ4v) is 5.46. The van der Waals surface area contributed by atoms with Crippen LogP contribution in [0.4, 0.5) is 4.39 Å². The molecule has 1 saturated heterocycles. The van der Waals surface area contributed by atoms with E-state index in [1.54, 1.807) is 25.1 Å². The van der Waals surface area contributed by atoms with Gasteiger partial charge in [-0.25, -0.2) is 9.18 Å². The summed E-state index contributed by atoms with van der Waals surface area (Å²) in [4.78, 5) is 55.1. The topological polar surface area (TPSA) is 144 Å². The van der Waals surface area contributed by atoms with Crippen LogP contribution in [0.2, 0.25) is 0 Å². The zero-order valence-corrected chi connectivity index (χ0v) is 24.7. The van der Waals surface area contributed by atoms with Gasteiger partial charge in [-0.05, 0) is 55.2 Å². The molecule has 0 saturated carbocycles. The number of halogens is 1. The van der Waals surface area contributed by atoms with Gasteiger partial charge in [0.1, 0.15) is 17.7 Å². The lowest BCUT2D eigenvalue weighted by Crippen LogP contribution is -2.58. The summed E-state index contributed by atoms with van der Waals surface area (Å²) >= 11 is 0. The van der Waals surface area contributed by atoms with Crippen molar-refractivity contribution in [2.45, 2.75) is 51.4 Å². The van der Waals surface area contributed by atoms with Crippen LogP contribution in [0.5, 0.6) is 17.2 Å². The number of aromatic nitrogens is 2. The van der Waals surface area contributed by atoms with Crippen LogP contribution in [-0.2, 0) is 29.1 Å². The summed E-state index contributed by atoms with van der Waals surface area (Å²) < 4.78 is 33.2. The van der Waals surface area contributed by atoms with Crippen LogP contribution < -0.4 is 36.1 Å². The number of piperidine rings is 1. The highest BCUT2D eigenvalue weighted by atomic mass is 19.1. The van der Waals surface area contributed by atoms with E-state index in [-0.39, 0.29) is 43.3 Å². The lowest BCUT2D eigenvalue weighted by Gasteiger charge is -2.39. The van der Waals surface area contributed by atoms with Crippen LogP contribution in [-0.4, -0.2) is 71.8 Å². The van der Waals surface area contributed by atoms with Gasteiger partial charge in [-0.2, -0.15) is 0 Å². The summed E-state index contributed by atoms with van der Waals surface area (Å²) in [5.74, 6) is 0.00232. The highest BCUT2D eigenvalue weighted by molar-refractivity contribution is 5.78. The molecule has 0 aliphatic carbocycles. The second kappa shape index (κ2) is 13.8. The number of H-pyrrole nitrogens is 1. The van der Waals surface area contributed by atoms with Crippen molar-refractivity contribution in [2.75, 3.05) is 33.4 Å². The number of likely N-dealkylation sites (tertiary alicyclic amines) is 1. The van der Waals surface area contributed by atoms with E-state index in [9.17, 15) is 23.6 Å². The van der Waals surface area contributed by atoms with Gasteiger partial charge in [-0.15, -0.1) is 0 Å². The molecule has 4 bridgehead atoms. The van der Waals surface area contributed by atoms with Gasteiger partial charge in [0.25, 0.3) is 11.5 Å². The molecule has 1 fully saturated rings. The average Bonchev–Trinajstić information content (AvgIpc) is 2.98. The maximum atomic E-state index is 14.6. The van der Waals surface area contributed by atoms with Gasteiger partial charge >= 0.3 is 5.69 Å². The number of fused-ring (bicyclic) bond motifs is 5. The molecule has 234 valence electrons. The van der Waals surface area contributed by atoms with E-state index in [1.807, 2.05) is 11.0 Å². The standard InChI is InChI=1S/C31H36FN5O7/c1-19-11-30(40)37(31(41)34-19)10-9-36-8-7-25-24(17-36)35-29(39)18-43-27-14-20(3-5-26(27)42-2)4-6-28(38)33-16-21-12-22(32)15-23(13-21)44-25/h3,5,11-15,24-25H,4,6-10,16-18H2,1-2H3,(H,33,38)(H,34,41)(H,35,39)/t24-,25-/m1/s1. The number of benzene rings is 2. The van der Waals surface area contributed by atoms with Crippen molar-refractivity contribution in [1.29, 1.82) is 0 Å². The maximum absolute atomic E-state index is 14.6. The minimum atomic E-state index is -0.522. The molecule has 2 aliphatic heterocycles. The molecule has 1 aromatic heterocycles. The Balaban J connectivity index is 1.37. The molecule has 3 aromatic rings. The van der Waals surface area contributed by atoms with E-state index >= 15 is 0 Å². The predicted molar refractivity (Wildman–Crippen MR) is 159 cm³/mol. The Morgan fingerprint density at radius 3 is 2.64 bits per heavy atom. The Morgan fingerprint density at radius 2 is 1.84 bits per heavy atom. The molecule has 44 heavy (non-hydrogen) atoms. The van der Waals surface area contributed by atoms with Gasteiger partial charge in [0, 0.05) is 57.0 Å². The molecular weight excluding hydrogens is 573 g/mol. The van der Waals surface area contributed by atoms with Gasteiger partial charge in [0.15, 0.2) is 18.1 Å². The fourth-order valence-electron chi connectivity index (χ4n) is 5.46. The zero-order valence-electron chi connectivity index (χ0n) is 24.7. The van der Waals surface area contributed by atoms with Crippen molar-refractivity contribution in [2.24, 2.45) is 0 Å². The summed E-state index contributed by atoms with van der Waals surface area (Å²) in [5.41, 5.74) is 0.995. The van der Waals surface area contributed by atoms with Gasteiger partial charge in [-0.1, -0.05) is 6.07 Å². The third kappa shape index (κ3) is 7.84. The number of carbonyl (C=O) groups excluding carboxylic acids is 2. The van der Waals surface area contributed by atoms with E-state index in [0.717, 1.165) is 10.1 Å². The normalized spacial score (nSPS) is 19.7. The summed E-state index contributed by atoms with van der Waals surface area (Å²) in [5, 5.41) is 5.83. The molecule has 2 atom stereocenters. The first kappa shape index (κ1) is 30.8. The van der Waals surface area contributed by atoms with Gasteiger partial charge < -0.3 is 29.8 Å². The van der Waals surface area contributed by atoms with Crippen molar-refractivity contribution >= 4 is 11.8 Å². The summed E-state index contributed by atoms with van der Waals surface area (Å²) in [6.07, 6.45) is 0.596. The van der Waals surface area contributed by atoms with Crippen LogP contribution >= 0.6 is 0 Å². The Morgan fingerprint density at radius 1 is 1.00 bits per heavy atom. The number of hydrogen-bond donors (Lipinski definition) is 3. The number of aromatic amines is 1. The maximum Gasteiger partial charge on any atom is 0.328 e. The molecule has 3 N–H and O–H groups in total. The average molecular weight is 610 g/mol. The number of methoxy groups -OCH3 is 1. The number of rotatable bonds is 4. The number of nitrogens with one attached hydrogen (secondary N) is 3. The summed E-state index contributed by atoms with van der Waals surface area (Å²) in [6.45, 7) is 2.92. The highest BCUT2D eigenvalue weighted by Crippen LogP contribution is 2.29. The monoisotopic (exact) mass is 609 g/mol. The van der Waals surface area contributed by atoms with Crippen molar-refractivity contribution in [1.82, 2.24) is 25.1 Å². The van der Waals surface area contributed by atoms with Crippen LogP contribution in [0, 0.1) is 12.7 Å². The van der Waals surface area contributed by atoms with Crippen LogP contribution in [0.1, 0.15) is 29.7 Å². The number of aryl methyl sites for hydroxylation is 2. The molecule has 5 rings (SSSR count). The molecule has 3 heterocycles. The van der Waals surface area contributed by atoms with Crippen molar-refractivity contribution in [3.63, 3.8) is 0 Å². The molecule has 13 heteroatoms. The second-order valence-electron chi connectivity index (χ2n) is 11.0. The largest absolute Gasteiger partial charge is 0.493 e. The molecule has 2 aliphatic rings. The Kier molecular flexibility index (Phi) is 9.63. The van der Waals surface area contributed by atoms with Gasteiger partial charge in [0.2, 0.25) is 5.91 Å². The number of ether oxygens (including phenoxy) is 3. The third-order valence-electron chi connectivity index (χ3n) is 7.71. The Bertz CT molecular complexity index is 1610. The number of carbonyl (C=O) groups is 2. The van der Waals surface area contributed by atoms with Gasteiger partial charge in [0.05, 0.1) is 13.2 Å². The van der Waals surface area contributed by atoms with E-state index in [4.69, 9.17) is 14.2 Å².